The zero-order chi connectivity index (χ0) is 28.7. The minimum Gasteiger partial charge on any atom is -0.506 e. The number of rotatable bonds is 6. The first-order chi connectivity index (χ1) is 18.9. The largest absolute Gasteiger partial charge is 0.506 e. The number of hydrogen-bond acceptors (Lipinski definition) is 11. The van der Waals surface area contributed by atoms with E-state index in [1.54, 1.807) is 24.3 Å². The third-order valence-electron chi connectivity index (χ3n) is 5.70. The topological polar surface area (TPSA) is 212 Å². The molecule has 15 heteroatoms. The van der Waals surface area contributed by atoms with E-state index in [0.29, 0.717) is 0 Å². The van der Waals surface area contributed by atoms with Crippen LogP contribution in [-0.4, -0.2) is 41.1 Å². The van der Waals surface area contributed by atoms with E-state index in [4.69, 9.17) is 0 Å². The molecule has 13 nitrogen and oxygen atoms in total. The molecule has 1 heterocycles. The third-order valence-corrected chi connectivity index (χ3v) is 7.48. The molecule has 0 bridgehead atoms. The van der Waals surface area contributed by atoms with Crippen LogP contribution in [0.25, 0.3) is 21.5 Å². The SMILES string of the molecule is O=S(=O)(O)c1cc(O)c(N=Nc2cccc(N=Nc3c(O)cc(S(=O)(=O)O)c4ccccc34)n2)c2ccccc12. The van der Waals surface area contributed by atoms with Crippen LogP contribution in [0, 0.1) is 0 Å². The summed E-state index contributed by atoms with van der Waals surface area (Å²) in [6, 6.07) is 18.4. The maximum absolute atomic E-state index is 11.8. The van der Waals surface area contributed by atoms with Crippen molar-refractivity contribution in [3.8, 4) is 11.5 Å². The van der Waals surface area contributed by atoms with Crippen LogP contribution in [0.5, 0.6) is 11.5 Å². The lowest BCUT2D eigenvalue weighted by Crippen LogP contribution is -1.99. The van der Waals surface area contributed by atoms with Gasteiger partial charge in [0.25, 0.3) is 20.2 Å². The first-order valence-corrected chi connectivity index (χ1v) is 14.1. The second-order valence-corrected chi connectivity index (χ2v) is 11.1. The summed E-state index contributed by atoms with van der Waals surface area (Å²) in [5.41, 5.74) is -0.126. The van der Waals surface area contributed by atoms with Crippen LogP contribution in [-0.2, 0) is 20.2 Å². The van der Waals surface area contributed by atoms with Gasteiger partial charge >= 0.3 is 0 Å². The molecule has 0 saturated carbocycles. The maximum atomic E-state index is 11.8. The molecule has 202 valence electrons. The highest BCUT2D eigenvalue weighted by atomic mass is 32.2. The van der Waals surface area contributed by atoms with Gasteiger partial charge in [-0.05, 0) is 12.1 Å². The van der Waals surface area contributed by atoms with Crippen molar-refractivity contribution in [2.75, 3.05) is 0 Å². The Morgan fingerprint density at radius 2 is 0.900 bits per heavy atom. The number of azo groups is 2. The molecule has 0 aliphatic carbocycles. The Labute approximate surface area is 226 Å². The van der Waals surface area contributed by atoms with Gasteiger partial charge in [0.15, 0.2) is 11.6 Å². The summed E-state index contributed by atoms with van der Waals surface area (Å²) in [5, 5.41) is 37.5. The van der Waals surface area contributed by atoms with E-state index < -0.39 is 41.5 Å². The Kier molecular flexibility index (Phi) is 6.72. The van der Waals surface area contributed by atoms with Gasteiger partial charge < -0.3 is 10.2 Å². The van der Waals surface area contributed by atoms with E-state index in [-0.39, 0.29) is 44.6 Å². The number of aromatic hydroxyl groups is 2. The number of phenolic OH excluding ortho intramolecular Hbond substituents is 2. The van der Waals surface area contributed by atoms with Crippen molar-refractivity contribution in [2.45, 2.75) is 9.79 Å². The van der Waals surface area contributed by atoms with Gasteiger partial charge in [-0.1, -0.05) is 54.6 Å². The zero-order valence-corrected chi connectivity index (χ0v) is 21.6. The van der Waals surface area contributed by atoms with Gasteiger partial charge in [-0.25, -0.2) is 4.98 Å². The lowest BCUT2D eigenvalue weighted by Gasteiger charge is -2.08. The molecule has 0 atom stereocenters. The first kappa shape index (κ1) is 26.8. The van der Waals surface area contributed by atoms with E-state index in [2.05, 4.69) is 25.4 Å². The van der Waals surface area contributed by atoms with Gasteiger partial charge in [0.05, 0.1) is 0 Å². The molecule has 4 aromatic carbocycles. The number of fused-ring (bicyclic) bond motifs is 2. The van der Waals surface area contributed by atoms with Gasteiger partial charge in [0.1, 0.15) is 32.7 Å². The van der Waals surface area contributed by atoms with Crippen LogP contribution in [0.3, 0.4) is 0 Å². The number of benzene rings is 4. The molecule has 0 spiro atoms. The van der Waals surface area contributed by atoms with Crippen molar-refractivity contribution in [1.82, 2.24) is 4.98 Å². The molecule has 0 aliphatic rings. The van der Waals surface area contributed by atoms with Crippen LogP contribution in [0.4, 0.5) is 23.0 Å². The lowest BCUT2D eigenvalue weighted by molar-refractivity contribution is 0.468. The van der Waals surface area contributed by atoms with Gasteiger partial charge in [-0.3, -0.25) is 9.11 Å². The summed E-state index contributed by atoms with van der Waals surface area (Å²) < 4.78 is 66.1. The molecular formula is C25H17N5O8S2. The number of hydrogen-bond donors (Lipinski definition) is 4. The average molecular weight is 580 g/mol. The quantitative estimate of drug-likeness (QED) is 0.134. The molecule has 0 unspecified atom stereocenters. The molecule has 1 aromatic heterocycles. The Morgan fingerprint density at radius 1 is 0.525 bits per heavy atom. The predicted octanol–water partition coefficient (Wildman–Crippen LogP) is 6.12. The number of phenols is 2. The minimum atomic E-state index is -4.62. The van der Waals surface area contributed by atoms with Crippen molar-refractivity contribution < 1.29 is 36.2 Å². The Hall–Kier alpha value is -4.83. The van der Waals surface area contributed by atoms with Gasteiger partial charge in [0, 0.05) is 33.7 Å². The van der Waals surface area contributed by atoms with Crippen LogP contribution in [0.1, 0.15) is 0 Å². The zero-order valence-electron chi connectivity index (χ0n) is 20.0. The molecule has 4 N–H and O–H groups in total. The smallest absolute Gasteiger partial charge is 0.295 e. The van der Waals surface area contributed by atoms with Crippen molar-refractivity contribution >= 4 is 64.8 Å². The number of pyridine rings is 1. The Morgan fingerprint density at radius 3 is 1.27 bits per heavy atom. The highest BCUT2D eigenvalue weighted by molar-refractivity contribution is 7.86. The predicted molar refractivity (Wildman–Crippen MR) is 143 cm³/mol. The molecule has 0 aliphatic heterocycles. The molecule has 40 heavy (non-hydrogen) atoms. The molecule has 0 fully saturated rings. The monoisotopic (exact) mass is 579 g/mol. The van der Waals surface area contributed by atoms with Crippen molar-refractivity contribution in [3.63, 3.8) is 0 Å². The number of nitrogens with zero attached hydrogens (tertiary/aromatic N) is 5. The molecule has 0 saturated heterocycles. The van der Waals surface area contributed by atoms with Gasteiger partial charge in [-0.2, -0.15) is 16.8 Å². The summed E-state index contributed by atoms with van der Waals surface area (Å²) in [4.78, 5) is 3.21. The van der Waals surface area contributed by atoms with Crippen LogP contribution in [0.15, 0.2) is 109 Å². The summed E-state index contributed by atoms with van der Waals surface area (Å²) in [6.45, 7) is 0. The fourth-order valence-electron chi connectivity index (χ4n) is 3.99. The fraction of sp³-hybridized carbons (Fsp3) is 0. The average Bonchev–Trinajstić information content (AvgIpc) is 2.90. The van der Waals surface area contributed by atoms with Crippen LogP contribution >= 0.6 is 0 Å². The second-order valence-electron chi connectivity index (χ2n) is 8.28. The Balaban J connectivity index is 1.52. The molecule has 0 amide bonds. The molecular weight excluding hydrogens is 562 g/mol. The standard InChI is InChI=1S/C25H17N5O8S2/c31-18-12-20(39(33,34)35)14-6-1-3-8-16(14)24(18)29-27-22-10-5-11-23(26-22)28-30-25-17-9-4-2-7-15(17)21(13-19(25)32)40(36,37)38/h1-13,31-32H,(H,33,34,35)(H,36,37,38). The highest BCUT2D eigenvalue weighted by Gasteiger charge is 2.20. The van der Waals surface area contributed by atoms with Crippen molar-refractivity contribution in [1.29, 1.82) is 0 Å². The molecule has 5 aromatic rings. The van der Waals surface area contributed by atoms with Gasteiger partial charge in [-0.15, -0.1) is 20.5 Å². The van der Waals surface area contributed by atoms with E-state index >= 15 is 0 Å². The van der Waals surface area contributed by atoms with E-state index in [1.165, 1.54) is 42.5 Å². The van der Waals surface area contributed by atoms with Gasteiger partial charge in [0.2, 0.25) is 0 Å². The first-order valence-electron chi connectivity index (χ1n) is 11.2. The normalized spacial score (nSPS) is 12.7. The lowest BCUT2D eigenvalue weighted by atomic mass is 10.1. The minimum absolute atomic E-state index is 0.0367. The summed E-state index contributed by atoms with van der Waals surface area (Å²) in [7, 11) is -9.25. The van der Waals surface area contributed by atoms with Crippen molar-refractivity contribution in [2.24, 2.45) is 20.5 Å². The van der Waals surface area contributed by atoms with E-state index in [0.717, 1.165) is 12.1 Å². The highest BCUT2D eigenvalue weighted by Crippen LogP contribution is 2.41. The summed E-state index contributed by atoms with van der Waals surface area (Å²) in [5.74, 6) is -1.01. The van der Waals surface area contributed by atoms with E-state index in [1.807, 2.05) is 0 Å². The summed E-state index contributed by atoms with van der Waals surface area (Å²) in [6.07, 6.45) is 0. The third kappa shape index (κ3) is 5.21. The second kappa shape index (κ2) is 10.0. The molecule has 5 rings (SSSR count). The van der Waals surface area contributed by atoms with Crippen LogP contribution in [0.2, 0.25) is 0 Å². The molecule has 0 radical (unpaired) electrons. The summed E-state index contributed by atoms with van der Waals surface area (Å²) >= 11 is 0. The van der Waals surface area contributed by atoms with Crippen molar-refractivity contribution in [3.05, 3.63) is 78.9 Å². The van der Waals surface area contributed by atoms with E-state index in [9.17, 15) is 36.2 Å². The Bertz CT molecular complexity index is 1950. The van der Waals surface area contributed by atoms with Crippen LogP contribution < -0.4 is 0 Å². The number of aromatic nitrogens is 1. The fourth-order valence-corrected chi connectivity index (χ4v) is 5.42. The maximum Gasteiger partial charge on any atom is 0.295 e.